The van der Waals surface area contributed by atoms with E-state index in [0.29, 0.717) is 44.3 Å². The van der Waals surface area contributed by atoms with Crippen LogP contribution >= 0.6 is 22.9 Å². The zero-order valence-corrected chi connectivity index (χ0v) is 17.5. The van der Waals surface area contributed by atoms with Gasteiger partial charge in [-0.25, -0.2) is 19.7 Å². The van der Waals surface area contributed by atoms with E-state index in [1.54, 1.807) is 45.0 Å². The molecule has 0 saturated heterocycles. The summed E-state index contributed by atoms with van der Waals surface area (Å²) in [5.41, 5.74) is 1.86. The number of aromatic nitrogens is 3. The van der Waals surface area contributed by atoms with Crippen LogP contribution in [-0.4, -0.2) is 33.4 Å². The molecule has 0 aliphatic carbocycles. The number of aryl methyl sites for hydroxylation is 2. The number of rotatable bonds is 6. The SMILES string of the molecule is CCOC(=O)c1sc(Nc2ncc(C(=O)Nc3ccccc3Cl)c(C)n2)nc1C. The molecule has 2 aromatic heterocycles. The molecule has 0 saturated carbocycles. The van der Waals surface area contributed by atoms with Gasteiger partial charge in [0.2, 0.25) is 5.95 Å². The molecule has 2 N–H and O–H groups in total. The molecule has 3 aromatic rings. The van der Waals surface area contributed by atoms with Gasteiger partial charge in [-0.05, 0) is 32.9 Å². The summed E-state index contributed by atoms with van der Waals surface area (Å²) in [5.74, 6) is -0.517. The number of carbonyl (C=O) groups excluding carboxylic acids is 2. The fourth-order valence-electron chi connectivity index (χ4n) is 2.43. The molecule has 29 heavy (non-hydrogen) atoms. The van der Waals surface area contributed by atoms with Gasteiger partial charge in [0, 0.05) is 6.20 Å². The maximum Gasteiger partial charge on any atom is 0.350 e. The molecule has 0 aliphatic heterocycles. The average molecular weight is 432 g/mol. The van der Waals surface area contributed by atoms with Crippen LogP contribution < -0.4 is 10.6 Å². The standard InChI is InChI=1S/C19H18ClN5O3S/c1-4-28-17(27)15-11(3)23-19(29-15)25-18-21-9-12(10(2)22-18)16(26)24-14-8-6-5-7-13(14)20/h5-9H,4H2,1-3H3,(H,24,26)(H,21,22,23,25). The molecule has 1 amide bonds. The van der Waals surface area contributed by atoms with E-state index in [9.17, 15) is 9.59 Å². The Hall–Kier alpha value is -3.04. The molecular weight excluding hydrogens is 414 g/mol. The number of thiazole rings is 1. The number of amides is 1. The van der Waals surface area contributed by atoms with E-state index < -0.39 is 5.97 Å². The van der Waals surface area contributed by atoms with Gasteiger partial charge in [-0.15, -0.1) is 0 Å². The van der Waals surface area contributed by atoms with Gasteiger partial charge < -0.3 is 15.4 Å². The van der Waals surface area contributed by atoms with Gasteiger partial charge in [-0.3, -0.25) is 4.79 Å². The van der Waals surface area contributed by atoms with Crippen molar-refractivity contribution in [1.29, 1.82) is 0 Å². The van der Waals surface area contributed by atoms with Crippen LogP contribution in [0.5, 0.6) is 0 Å². The second-order valence-corrected chi connectivity index (χ2v) is 7.31. The molecule has 10 heteroatoms. The van der Waals surface area contributed by atoms with Crippen molar-refractivity contribution in [1.82, 2.24) is 15.0 Å². The highest BCUT2D eigenvalue weighted by atomic mass is 35.5. The zero-order valence-electron chi connectivity index (χ0n) is 15.9. The molecule has 0 radical (unpaired) electrons. The quantitative estimate of drug-likeness (QED) is 0.558. The van der Waals surface area contributed by atoms with Crippen LogP contribution in [-0.2, 0) is 4.74 Å². The predicted octanol–water partition coefficient (Wildman–Crippen LogP) is 4.38. The summed E-state index contributed by atoms with van der Waals surface area (Å²) < 4.78 is 5.01. The number of ether oxygens (including phenoxy) is 1. The van der Waals surface area contributed by atoms with E-state index in [1.807, 2.05) is 0 Å². The van der Waals surface area contributed by atoms with Crippen LogP contribution in [0.2, 0.25) is 5.02 Å². The Balaban J connectivity index is 1.74. The van der Waals surface area contributed by atoms with Gasteiger partial charge >= 0.3 is 5.97 Å². The third kappa shape index (κ3) is 4.87. The summed E-state index contributed by atoms with van der Waals surface area (Å²) in [5, 5.41) is 6.59. The molecule has 0 unspecified atom stereocenters. The third-order valence-electron chi connectivity index (χ3n) is 3.82. The Morgan fingerprint density at radius 2 is 1.93 bits per heavy atom. The summed E-state index contributed by atoms with van der Waals surface area (Å²) in [4.78, 5) is 37.6. The Labute approximate surface area is 176 Å². The maximum absolute atomic E-state index is 12.5. The molecule has 0 atom stereocenters. The second-order valence-electron chi connectivity index (χ2n) is 5.91. The first-order chi connectivity index (χ1) is 13.9. The van der Waals surface area contributed by atoms with Crippen molar-refractivity contribution in [2.45, 2.75) is 20.8 Å². The summed E-state index contributed by atoms with van der Waals surface area (Å²) in [6.45, 7) is 5.46. The molecule has 1 aromatic carbocycles. The van der Waals surface area contributed by atoms with E-state index in [1.165, 1.54) is 6.20 Å². The molecule has 3 rings (SSSR count). The zero-order chi connectivity index (χ0) is 21.0. The topological polar surface area (TPSA) is 106 Å². The first-order valence-electron chi connectivity index (χ1n) is 8.70. The number of para-hydroxylation sites is 1. The number of nitrogens with zero attached hydrogens (tertiary/aromatic N) is 3. The van der Waals surface area contributed by atoms with Crippen LogP contribution in [0.25, 0.3) is 0 Å². The van der Waals surface area contributed by atoms with E-state index in [0.717, 1.165) is 11.3 Å². The number of carbonyl (C=O) groups is 2. The van der Waals surface area contributed by atoms with E-state index in [-0.39, 0.29) is 11.9 Å². The van der Waals surface area contributed by atoms with E-state index in [4.69, 9.17) is 16.3 Å². The van der Waals surface area contributed by atoms with Gasteiger partial charge in [-0.1, -0.05) is 35.1 Å². The first-order valence-corrected chi connectivity index (χ1v) is 9.89. The highest BCUT2D eigenvalue weighted by Gasteiger charge is 2.18. The number of hydrogen-bond donors (Lipinski definition) is 2. The Morgan fingerprint density at radius 3 is 2.62 bits per heavy atom. The largest absolute Gasteiger partial charge is 0.462 e. The monoisotopic (exact) mass is 431 g/mol. The van der Waals surface area contributed by atoms with Crippen molar-refractivity contribution < 1.29 is 14.3 Å². The van der Waals surface area contributed by atoms with Gasteiger partial charge in [0.05, 0.1) is 34.3 Å². The van der Waals surface area contributed by atoms with Crippen molar-refractivity contribution in [3.8, 4) is 0 Å². The maximum atomic E-state index is 12.5. The highest BCUT2D eigenvalue weighted by Crippen LogP contribution is 2.26. The van der Waals surface area contributed by atoms with Crippen molar-refractivity contribution in [2.75, 3.05) is 17.2 Å². The van der Waals surface area contributed by atoms with Crippen LogP contribution in [0.15, 0.2) is 30.5 Å². The lowest BCUT2D eigenvalue weighted by Crippen LogP contribution is -2.15. The summed E-state index contributed by atoms with van der Waals surface area (Å²) in [6, 6.07) is 6.95. The van der Waals surface area contributed by atoms with Crippen molar-refractivity contribution in [2.24, 2.45) is 0 Å². The van der Waals surface area contributed by atoms with Crippen LogP contribution in [0.3, 0.4) is 0 Å². The van der Waals surface area contributed by atoms with Gasteiger partial charge in [0.25, 0.3) is 5.91 Å². The Bertz CT molecular complexity index is 1070. The molecule has 8 nitrogen and oxygen atoms in total. The van der Waals surface area contributed by atoms with E-state index in [2.05, 4.69) is 25.6 Å². The van der Waals surface area contributed by atoms with Crippen LogP contribution in [0, 0.1) is 13.8 Å². The van der Waals surface area contributed by atoms with Gasteiger partial charge in [0.1, 0.15) is 4.88 Å². The molecular formula is C19H18ClN5O3S. The lowest BCUT2D eigenvalue weighted by molar-refractivity contribution is 0.0531. The molecule has 0 spiro atoms. The summed E-state index contributed by atoms with van der Waals surface area (Å²) in [7, 11) is 0. The third-order valence-corrected chi connectivity index (χ3v) is 5.20. The Morgan fingerprint density at radius 1 is 1.17 bits per heavy atom. The van der Waals surface area contributed by atoms with Crippen LogP contribution in [0.1, 0.15) is 38.3 Å². The predicted molar refractivity (Wildman–Crippen MR) is 112 cm³/mol. The fraction of sp³-hybridized carbons (Fsp3) is 0.211. The first kappa shape index (κ1) is 20.7. The van der Waals surface area contributed by atoms with Crippen molar-refractivity contribution in [3.63, 3.8) is 0 Å². The minimum absolute atomic E-state index is 0.265. The summed E-state index contributed by atoms with van der Waals surface area (Å²) >= 11 is 7.22. The van der Waals surface area contributed by atoms with E-state index >= 15 is 0 Å². The minimum atomic E-state index is -0.417. The van der Waals surface area contributed by atoms with Crippen molar-refractivity contribution in [3.05, 3.63) is 57.3 Å². The van der Waals surface area contributed by atoms with Gasteiger partial charge in [-0.2, -0.15) is 0 Å². The van der Waals surface area contributed by atoms with Crippen molar-refractivity contribution >= 4 is 51.6 Å². The number of nitrogens with one attached hydrogen (secondary N) is 2. The fourth-order valence-corrected chi connectivity index (χ4v) is 3.47. The normalized spacial score (nSPS) is 10.5. The lowest BCUT2D eigenvalue weighted by Gasteiger charge is -2.09. The lowest BCUT2D eigenvalue weighted by atomic mass is 10.2. The second kappa shape index (κ2) is 8.97. The molecule has 0 fully saturated rings. The molecule has 0 bridgehead atoms. The number of anilines is 3. The average Bonchev–Trinajstić information content (AvgIpc) is 3.04. The minimum Gasteiger partial charge on any atom is -0.462 e. The number of benzene rings is 1. The summed E-state index contributed by atoms with van der Waals surface area (Å²) in [6.07, 6.45) is 1.42. The number of halogens is 1. The highest BCUT2D eigenvalue weighted by molar-refractivity contribution is 7.17. The smallest absolute Gasteiger partial charge is 0.350 e. The number of hydrogen-bond acceptors (Lipinski definition) is 8. The van der Waals surface area contributed by atoms with Gasteiger partial charge in [0.15, 0.2) is 5.13 Å². The molecule has 0 aliphatic rings. The molecule has 2 heterocycles. The number of esters is 1. The van der Waals surface area contributed by atoms with Crippen LogP contribution in [0.4, 0.5) is 16.8 Å². The Kier molecular flexibility index (Phi) is 6.40. The molecule has 150 valence electrons.